The van der Waals surface area contributed by atoms with Crippen molar-refractivity contribution in [1.29, 1.82) is 0 Å². The minimum Gasteiger partial charge on any atom is -0.355 e. The first-order valence-electron chi connectivity index (χ1n) is 10.8. The molecule has 1 N–H and O–H groups in total. The van der Waals surface area contributed by atoms with Crippen molar-refractivity contribution >= 4 is 18.3 Å². The van der Waals surface area contributed by atoms with E-state index in [1.165, 1.54) is 17.7 Å². The average molecular weight is 433 g/mol. The first-order chi connectivity index (χ1) is 14.0. The second-order valence-electron chi connectivity index (χ2n) is 8.50. The number of piperidine rings is 1. The molecule has 3 nitrogen and oxygen atoms in total. The van der Waals surface area contributed by atoms with E-state index in [0.29, 0.717) is 12.5 Å². The van der Waals surface area contributed by atoms with Crippen molar-refractivity contribution in [3.8, 4) is 0 Å². The molecule has 1 atom stereocenters. The molecule has 1 unspecified atom stereocenters. The third-order valence-electron chi connectivity index (χ3n) is 6.12. The number of rotatable bonds is 8. The molecule has 0 radical (unpaired) electrons. The Bertz CT molecular complexity index is 758. The fourth-order valence-electron chi connectivity index (χ4n) is 4.15. The lowest BCUT2D eigenvalue weighted by Gasteiger charge is -2.32. The molecule has 0 saturated carbocycles. The minimum atomic E-state index is -0.223. The predicted molar refractivity (Wildman–Crippen MR) is 124 cm³/mol. The molecule has 2 aromatic rings. The van der Waals surface area contributed by atoms with Gasteiger partial charge in [0.1, 0.15) is 5.82 Å². The largest absolute Gasteiger partial charge is 0.355 e. The maximum Gasteiger partial charge on any atom is 0.223 e. The zero-order chi connectivity index (χ0) is 20.6. The fraction of sp³-hybridized carbons (Fsp3) is 0.480. The van der Waals surface area contributed by atoms with Gasteiger partial charge in [0.25, 0.3) is 0 Å². The topological polar surface area (TPSA) is 32.3 Å². The van der Waals surface area contributed by atoms with Crippen LogP contribution in [0.25, 0.3) is 0 Å². The number of benzene rings is 2. The van der Waals surface area contributed by atoms with Crippen molar-refractivity contribution in [3.05, 3.63) is 71.5 Å². The van der Waals surface area contributed by atoms with Crippen molar-refractivity contribution in [1.82, 2.24) is 10.2 Å². The summed E-state index contributed by atoms with van der Waals surface area (Å²) in [5, 5.41) is 3.17. The number of likely N-dealkylation sites (tertiary alicyclic amines) is 1. The highest BCUT2D eigenvalue weighted by Crippen LogP contribution is 2.25. The summed E-state index contributed by atoms with van der Waals surface area (Å²) in [4.78, 5) is 15.2. The zero-order valence-electron chi connectivity index (χ0n) is 18.0. The van der Waals surface area contributed by atoms with E-state index in [1.54, 1.807) is 0 Å². The van der Waals surface area contributed by atoms with Gasteiger partial charge in [0.05, 0.1) is 0 Å². The summed E-state index contributed by atoms with van der Waals surface area (Å²) in [6.07, 6.45) is 2.90. The Hall–Kier alpha value is -1.91. The van der Waals surface area contributed by atoms with E-state index in [9.17, 15) is 9.18 Å². The van der Waals surface area contributed by atoms with Crippen LogP contribution in [-0.4, -0.2) is 37.0 Å². The van der Waals surface area contributed by atoms with Gasteiger partial charge >= 0.3 is 0 Å². The Balaban J connectivity index is 0.00000320. The normalized spacial score (nSPS) is 16.1. The number of nitrogens with one attached hydrogen (secondary N) is 1. The molecule has 3 rings (SSSR count). The van der Waals surface area contributed by atoms with Crippen molar-refractivity contribution in [2.24, 2.45) is 11.8 Å². The van der Waals surface area contributed by atoms with Gasteiger partial charge in [-0.05, 0) is 61.5 Å². The highest BCUT2D eigenvalue weighted by atomic mass is 35.5. The molecule has 0 aliphatic carbocycles. The third kappa shape index (κ3) is 7.10. The molecule has 1 heterocycles. The predicted octanol–water partition coefficient (Wildman–Crippen LogP) is 5.06. The second kappa shape index (κ2) is 12.1. The van der Waals surface area contributed by atoms with E-state index in [0.717, 1.165) is 44.5 Å². The van der Waals surface area contributed by atoms with Crippen LogP contribution >= 0.6 is 12.4 Å². The van der Waals surface area contributed by atoms with Gasteiger partial charge in [0.2, 0.25) is 5.91 Å². The van der Waals surface area contributed by atoms with Gasteiger partial charge in [0, 0.05) is 24.9 Å². The first kappa shape index (κ1) is 24.4. The molecule has 1 amide bonds. The van der Waals surface area contributed by atoms with Crippen LogP contribution in [0, 0.1) is 17.7 Å². The van der Waals surface area contributed by atoms with Crippen molar-refractivity contribution in [2.75, 3.05) is 26.2 Å². The van der Waals surface area contributed by atoms with Crippen LogP contribution in [-0.2, 0) is 11.2 Å². The second-order valence-corrected chi connectivity index (χ2v) is 8.50. The fourth-order valence-corrected chi connectivity index (χ4v) is 4.15. The Morgan fingerprint density at radius 1 is 1.07 bits per heavy atom. The van der Waals surface area contributed by atoms with Crippen LogP contribution < -0.4 is 5.32 Å². The van der Waals surface area contributed by atoms with Crippen molar-refractivity contribution in [3.63, 3.8) is 0 Å². The van der Waals surface area contributed by atoms with E-state index in [1.807, 2.05) is 18.2 Å². The number of hydrogen-bond donors (Lipinski definition) is 1. The summed E-state index contributed by atoms with van der Waals surface area (Å²) in [7, 11) is 0. The van der Waals surface area contributed by atoms with Gasteiger partial charge < -0.3 is 10.2 Å². The molecule has 1 saturated heterocycles. The minimum absolute atomic E-state index is 0. The summed E-state index contributed by atoms with van der Waals surface area (Å²) in [6.45, 7) is 7.92. The maximum atomic E-state index is 13.2. The Morgan fingerprint density at radius 3 is 2.30 bits per heavy atom. The highest BCUT2D eigenvalue weighted by molar-refractivity contribution is 5.85. The Morgan fingerprint density at radius 2 is 1.70 bits per heavy atom. The number of hydrogen-bond acceptors (Lipinski definition) is 2. The lowest BCUT2D eigenvalue weighted by Crippen LogP contribution is -2.42. The van der Waals surface area contributed by atoms with Gasteiger partial charge in [0.15, 0.2) is 0 Å². The van der Waals surface area contributed by atoms with E-state index < -0.39 is 0 Å². The lowest BCUT2D eigenvalue weighted by molar-refractivity contribution is -0.126. The molecule has 0 spiro atoms. The standard InChI is InChI=1S/C25H33FN2O.ClH/c1-19(2)24(21-8-10-23(26)11-9-21)18-27-25(29)22-13-16-28(17-14-22)15-12-20-6-4-3-5-7-20;/h3-11,19,22,24H,12-18H2,1-2H3,(H,27,29);1H. The van der Waals surface area contributed by atoms with E-state index in [4.69, 9.17) is 0 Å². The summed E-state index contributed by atoms with van der Waals surface area (Å²) in [6, 6.07) is 17.2. The third-order valence-corrected chi connectivity index (χ3v) is 6.12. The highest BCUT2D eigenvalue weighted by Gasteiger charge is 2.26. The van der Waals surface area contributed by atoms with E-state index in [2.05, 4.69) is 48.3 Å². The molecule has 0 aromatic heterocycles. The molecule has 1 aliphatic heterocycles. The summed E-state index contributed by atoms with van der Waals surface area (Å²) < 4.78 is 13.2. The lowest BCUT2D eigenvalue weighted by atomic mass is 9.88. The van der Waals surface area contributed by atoms with Gasteiger partial charge in [-0.1, -0.05) is 56.3 Å². The molecule has 2 aromatic carbocycles. The Labute approximate surface area is 186 Å². The molecule has 5 heteroatoms. The van der Waals surface area contributed by atoms with Crippen LogP contribution in [0.15, 0.2) is 54.6 Å². The summed E-state index contributed by atoms with van der Waals surface area (Å²) in [5.74, 6) is 0.620. The van der Waals surface area contributed by atoms with Crippen LogP contribution in [0.4, 0.5) is 4.39 Å². The molecular formula is C25H34ClFN2O. The maximum absolute atomic E-state index is 13.2. The van der Waals surface area contributed by atoms with Crippen LogP contribution in [0.5, 0.6) is 0 Å². The number of carbonyl (C=O) groups excluding carboxylic acids is 1. The van der Waals surface area contributed by atoms with Crippen LogP contribution in [0.1, 0.15) is 43.7 Å². The Kier molecular flexibility index (Phi) is 9.80. The quantitative estimate of drug-likeness (QED) is 0.632. The van der Waals surface area contributed by atoms with Gasteiger partial charge in [-0.3, -0.25) is 4.79 Å². The van der Waals surface area contributed by atoms with Crippen molar-refractivity contribution in [2.45, 2.75) is 39.0 Å². The van der Waals surface area contributed by atoms with Crippen LogP contribution in [0.3, 0.4) is 0 Å². The van der Waals surface area contributed by atoms with Gasteiger partial charge in [-0.15, -0.1) is 12.4 Å². The van der Waals surface area contributed by atoms with E-state index >= 15 is 0 Å². The van der Waals surface area contributed by atoms with Crippen LogP contribution in [0.2, 0.25) is 0 Å². The summed E-state index contributed by atoms with van der Waals surface area (Å²) >= 11 is 0. The molecular weight excluding hydrogens is 399 g/mol. The molecule has 1 fully saturated rings. The monoisotopic (exact) mass is 432 g/mol. The first-order valence-corrected chi connectivity index (χ1v) is 10.8. The van der Waals surface area contributed by atoms with Crippen molar-refractivity contribution < 1.29 is 9.18 Å². The molecule has 0 bridgehead atoms. The zero-order valence-corrected chi connectivity index (χ0v) is 18.8. The smallest absolute Gasteiger partial charge is 0.223 e. The molecule has 1 aliphatic rings. The number of amides is 1. The summed E-state index contributed by atoms with van der Waals surface area (Å²) in [5.41, 5.74) is 2.45. The SMILES string of the molecule is CC(C)C(CNC(=O)C1CCN(CCc2ccccc2)CC1)c1ccc(F)cc1.Cl. The number of nitrogens with zero attached hydrogens (tertiary/aromatic N) is 1. The number of halogens is 2. The molecule has 164 valence electrons. The van der Waals surface area contributed by atoms with E-state index in [-0.39, 0.29) is 36.0 Å². The number of carbonyl (C=O) groups is 1. The molecule has 30 heavy (non-hydrogen) atoms. The average Bonchev–Trinajstić information content (AvgIpc) is 2.74. The van der Waals surface area contributed by atoms with Gasteiger partial charge in [-0.2, -0.15) is 0 Å². The van der Waals surface area contributed by atoms with Gasteiger partial charge in [-0.25, -0.2) is 4.39 Å².